The molecule has 2 aromatic heterocycles. The fraction of sp³-hybridized carbons (Fsp3) is 0.545. The molecule has 1 aliphatic rings. The molecule has 1 N–H and O–H groups in total. The van der Waals surface area contributed by atoms with Crippen LogP contribution >= 0.6 is 11.3 Å². The van der Waals surface area contributed by atoms with E-state index in [1.54, 1.807) is 5.51 Å². The Morgan fingerprint density at radius 3 is 3.18 bits per heavy atom. The molecule has 0 radical (unpaired) electrons. The summed E-state index contributed by atoms with van der Waals surface area (Å²) in [5, 5.41) is 9.32. The molecule has 0 spiro atoms. The van der Waals surface area contributed by atoms with Crippen LogP contribution < -0.4 is 5.32 Å². The third kappa shape index (κ3) is 1.77. The van der Waals surface area contributed by atoms with Crippen molar-refractivity contribution < 1.29 is 4.52 Å². The van der Waals surface area contributed by atoms with E-state index >= 15 is 0 Å². The predicted molar refractivity (Wildman–Crippen MR) is 64.9 cm³/mol. The number of rotatable bonds is 3. The predicted octanol–water partition coefficient (Wildman–Crippen LogP) is 1.83. The lowest BCUT2D eigenvalue weighted by Crippen LogP contribution is -2.28. The summed E-state index contributed by atoms with van der Waals surface area (Å²) in [4.78, 5) is 8.70. The normalized spacial score (nSPS) is 24.3. The maximum atomic E-state index is 5.43. The number of aromatic nitrogens is 3. The molecule has 3 heterocycles. The molecule has 5 nitrogen and oxygen atoms in total. The van der Waals surface area contributed by atoms with Crippen LogP contribution in [0.1, 0.15) is 25.7 Å². The summed E-state index contributed by atoms with van der Waals surface area (Å²) in [6, 6.07) is 0. The second-order valence-electron chi connectivity index (χ2n) is 4.36. The van der Waals surface area contributed by atoms with Crippen LogP contribution in [-0.4, -0.2) is 28.2 Å². The molecule has 1 saturated heterocycles. The minimum Gasteiger partial charge on any atom is -0.338 e. The maximum absolute atomic E-state index is 5.43. The topological polar surface area (TPSA) is 63.8 Å². The van der Waals surface area contributed by atoms with Crippen molar-refractivity contribution in [3.05, 3.63) is 16.8 Å². The zero-order valence-corrected chi connectivity index (χ0v) is 10.5. The van der Waals surface area contributed by atoms with Gasteiger partial charge in [0.05, 0.1) is 10.9 Å². The zero-order chi connectivity index (χ0) is 11.7. The molecule has 1 unspecified atom stereocenters. The Labute approximate surface area is 103 Å². The number of thiazole rings is 1. The molecule has 0 bridgehead atoms. The van der Waals surface area contributed by atoms with E-state index in [-0.39, 0.29) is 5.41 Å². The van der Waals surface area contributed by atoms with Crippen molar-refractivity contribution in [2.45, 2.75) is 25.2 Å². The second-order valence-corrected chi connectivity index (χ2v) is 5.08. The van der Waals surface area contributed by atoms with Crippen molar-refractivity contribution >= 4 is 11.3 Å². The Balaban J connectivity index is 1.94. The van der Waals surface area contributed by atoms with E-state index in [9.17, 15) is 0 Å². The molecular formula is C11H14N4OS. The molecule has 0 amide bonds. The first-order valence-electron chi connectivity index (χ1n) is 5.77. The van der Waals surface area contributed by atoms with Crippen molar-refractivity contribution in [1.29, 1.82) is 0 Å². The highest BCUT2D eigenvalue weighted by Gasteiger charge is 2.39. The van der Waals surface area contributed by atoms with Crippen LogP contribution in [0, 0.1) is 0 Å². The number of nitrogens with one attached hydrogen (secondary N) is 1. The molecule has 0 aliphatic carbocycles. The molecule has 0 saturated carbocycles. The number of hydrogen-bond donors (Lipinski definition) is 1. The minimum absolute atomic E-state index is 0.0152. The van der Waals surface area contributed by atoms with Crippen LogP contribution in [-0.2, 0) is 5.41 Å². The maximum Gasteiger partial charge on any atom is 0.234 e. The van der Waals surface area contributed by atoms with E-state index < -0.39 is 0 Å². The van der Waals surface area contributed by atoms with Gasteiger partial charge in [0.15, 0.2) is 0 Å². The van der Waals surface area contributed by atoms with Gasteiger partial charge in [0.2, 0.25) is 11.7 Å². The molecule has 2 aromatic rings. The summed E-state index contributed by atoms with van der Waals surface area (Å²) >= 11 is 1.54. The van der Waals surface area contributed by atoms with E-state index in [0.717, 1.165) is 37.5 Å². The quantitative estimate of drug-likeness (QED) is 0.900. The Kier molecular flexibility index (Phi) is 2.68. The molecular weight excluding hydrogens is 236 g/mol. The van der Waals surface area contributed by atoms with Gasteiger partial charge >= 0.3 is 0 Å². The summed E-state index contributed by atoms with van der Waals surface area (Å²) < 4.78 is 5.43. The summed E-state index contributed by atoms with van der Waals surface area (Å²) in [5.41, 5.74) is 2.58. The van der Waals surface area contributed by atoms with Gasteiger partial charge < -0.3 is 9.84 Å². The summed E-state index contributed by atoms with van der Waals surface area (Å²) in [5.74, 6) is 1.34. The zero-order valence-electron chi connectivity index (χ0n) is 9.64. The van der Waals surface area contributed by atoms with Gasteiger partial charge in [-0.2, -0.15) is 4.98 Å². The van der Waals surface area contributed by atoms with E-state index in [2.05, 4.69) is 27.4 Å². The molecule has 3 rings (SSSR count). The first-order valence-corrected chi connectivity index (χ1v) is 6.72. The summed E-state index contributed by atoms with van der Waals surface area (Å²) in [6.07, 6.45) is 2.07. The highest BCUT2D eigenvalue weighted by atomic mass is 32.1. The second kappa shape index (κ2) is 4.19. The van der Waals surface area contributed by atoms with Crippen LogP contribution in [0.4, 0.5) is 0 Å². The summed E-state index contributed by atoms with van der Waals surface area (Å²) in [6.45, 7) is 4.10. The Bertz CT molecular complexity index is 487. The van der Waals surface area contributed by atoms with Crippen molar-refractivity contribution in [3.63, 3.8) is 0 Å². The third-order valence-corrected chi connectivity index (χ3v) is 4.05. The molecule has 6 heteroatoms. The minimum atomic E-state index is 0.0152. The Morgan fingerprint density at radius 1 is 1.59 bits per heavy atom. The van der Waals surface area contributed by atoms with Gasteiger partial charge in [-0.15, -0.1) is 11.3 Å². The van der Waals surface area contributed by atoms with Gasteiger partial charge in [-0.3, -0.25) is 0 Å². The van der Waals surface area contributed by atoms with Crippen molar-refractivity contribution in [2.75, 3.05) is 13.1 Å². The van der Waals surface area contributed by atoms with Gasteiger partial charge in [0, 0.05) is 11.9 Å². The van der Waals surface area contributed by atoms with Crippen LogP contribution in [0.15, 0.2) is 15.4 Å². The van der Waals surface area contributed by atoms with Crippen LogP contribution in [0.3, 0.4) is 0 Å². The average molecular weight is 250 g/mol. The summed E-state index contributed by atoms with van der Waals surface area (Å²) in [7, 11) is 0. The molecule has 17 heavy (non-hydrogen) atoms. The van der Waals surface area contributed by atoms with Crippen molar-refractivity contribution in [3.8, 4) is 11.5 Å². The largest absolute Gasteiger partial charge is 0.338 e. The highest BCUT2D eigenvalue weighted by molar-refractivity contribution is 7.07. The van der Waals surface area contributed by atoms with Crippen molar-refractivity contribution in [1.82, 2.24) is 20.4 Å². The Hall–Kier alpha value is -1.27. The lowest BCUT2D eigenvalue weighted by molar-refractivity contribution is 0.285. The highest BCUT2D eigenvalue weighted by Crippen LogP contribution is 2.33. The van der Waals surface area contributed by atoms with E-state index in [0.29, 0.717) is 5.82 Å². The fourth-order valence-corrected chi connectivity index (χ4v) is 2.78. The van der Waals surface area contributed by atoms with E-state index in [1.165, 1.54) is 11.3 Å². The molecule has 90 valence electrons. The fourth-order valence-electron chi connectivity index (χ4n) is 2.25. The lowest BCUT2D eigenvalue weighted by atomic mass is 9.84. The molecule has 1 aliphatic heterocycles. The molecule has 0 aromatic carbocycles. The van der Waals surface area contributed by atoms with Crippen LogP contribution in [0.25, 0.3) is 11.5 Å². The first-order chi connectivity index (χ1) is 8.34. The van der Waals surface area contributed by atoms with Gasteiger partial charge in [0.1, 0.15) is 5.69 Å². The first kappa shape index (κ1) is 10.9. The van der Waals surface area contributed by atoms with Gasteiger partial charge in [-0.25, -0.2) is 4.98 Å². The number of nitrogens with zero attached hydrogens (tertiary/aromatic N) is 3. The van der Waals surface area contributed by atoms with Gasteiger partial charge in [-0.1, -0.05) is 12.1 Å². The average Bonchev–Trinajstić information content (AvgIpc) is 3.10. The standard InChI is InChI=1S/C11H14N4OS/c1-2-11(3-4-12-6-11)10-14-9(15-16-10)8-5-17-7-13-8/h5,7,12H,2-4,6H2,1H3. The third-order valence-electron chi connectivity index (χ3n) is 3.46. The van der Waals surface area contributed by atoms with Crippen molar-refractivity contribution in [2.24, 2.45) is 0 Å². The smallest absolute Gasteiger partial charge is 0.234 e. The SMILES string of the molecule is CCC1(c2nc(-c3cscn3)no2)CCNC1. The van der Waals surface area contributed by atoms with Gasteiger partial charge in [-0.05, 0) is 19.4 Å². The van der Waals surface area contributed by atoms with Crippen LogP contribution in [0.2, 0.25) is 0 Å². The lowest BCUT2D eigenvalue weighted by Gasteiger charge is -2.20. The monoisotopic (exact) mass is 250 g/mol. The van der Waals surface area contributed by atoms with Gasteiger partial charge in [0.25, 0.3) is 0 Å². The molecule has 1 fully saturated rings. The number of hydrogen-bond acceptors (Lipinski definition) is 6. The Morgan fingerprint density at radius 2 is 2.53 bits per heavy atom. The van der Waals surface area contributed by atoms with E-state index in [4.69, 9.17) is 4.52 Å². The van der Waals surface area contributed by atoms with Crippen LogP contribution in [0.5, 0.6) is 0 Å². The molecule has 1 atom stereocenters. The van der Waals surface area contributed by atoms with E-state index in [1.807, 2.05) is 5.38 Å².